The molecule has 124 valence electrons. The summed E-state index contributed by atoms with van der Waals surface area (Å²) in [4.78, 5) is 18.6. The molecule has 2 atom stereocenters. The van der Waals surface area contributed by atoms with Crippen LogP contribution in [-0.2, 0) is 6.42 Å². The Balaban J connectivity index is 1.54. The number of carbonyl (C=O) groups excluding carboxylic acids is 1. The molecule has 6 nitrogen and oxygen atoms in total. The second-order valence-corrected chi connectivity index (χ2v) is 6.93. The highest BCUT2D eigenvalue weighted by Crippen LogP contribution is 2.25. The highest BCUT2D eigenvalue weighted by Gasteiger charge is 2.28. The van der Waals surface area contributed by atoms with E-state index in [0.29, 0.717) is 18.3 Å². The summed E-state index contributed by atoms with van der Waals surface area (Å²) in [6.07, 6.45) is 2.80. The highest BCUT2D eigenvalue weighted by atomic mass is 32.1. The van der Waals surface area contributed by atoms with Crippen molar-refractivity contribution in [3.05, 3.63) is 34.1 Å². The third-order valence-electron chi connectivity index (χ3n) is 4.09. The zero-order chi connectivity index (χ0) is 16.2. The zero-order valence-corrected chi connectivity index (χ0v) is 14.3. The summed E-state index contributed by atoms with van der Waals surface area (Å²) in [6, 6.07) is 2.21. The minimum atomic E-state index is -0.00586. The van der Waals surface area contributed by atoms with Gasteiger partial charge in [0.2, 0.25) is 5.89 Å². The Morgan fingerprint density at radius 3 is 3.17 bits per heavy atom. The van der Waals surface area contributed by atoms with Crippen molar-refractivity contribution < 1.29 is 9.32 Å². The van der Waals surface area contributed by atoms with Crippen LogP contribution in [0, 0.1) is 6.92 Å². The summed E-state index contributed by atoms with van der Waals surface area (Å²) in [6.45, 7) is 5.27. The topological polar surface area (TPSA) is 71.3 Å². The monoisotopic (exact) mass is 334 g/mol. The normalized spacial score (nSPS) is 19.6. The largest absolute Gasteiger partial charge is 0.339 e. The number of nitrogens with zero attached hydrogens (tertiary/aromatic N) is 3. The Bertz CT molecular complexity index is 640. The standard InChI is InChI=1S/C16H22N4O2S/c1-11(8-13-5-7-23-10-13)17-16(21)20-6-3-4-14(9-20)15-18-12(2)19-22-15/h5,7,10-11,14H,3-4,6,8-9H2,1-2H3,(H,17,21). The van der Waals surface area contributed by atoms with Crippen molar-refractivity contribution in [3.8, 4) is 0 Å². The Hall–Kier alpha value is -1.89. The van der Waals surface area contributed by atoms with Crippen LogP contribution in [0.2, 0.25) is 0 Å². The first kappa shape index (κ1) is 16.0. The molecule has 7 heteroatoms. The van der Waals surface area contributed by atoms with Crippen LogP contribution in [0.15, 0.2) is 21.3 Å². The van der Waals surface area contributed by atoms with Crippen LogP contribution in [0.1, 0.15) is 43.0 Å². The van der Waals surface area contributed by atoms with Crippen LogP contribution in [0.3, 0.4) is 0 Å². The third kappa shape index (κ3) is 4.10. The lowest BCUT2D eigenvalue weighted by atomic mass is 9.98. The quantitative estimate of drug-likeness (QED) is 0.933. The fourth-order valence-corrected chi connectivity index (χ4v) is 3.64. The summed E-state index contributed by atoms with van der Waals surface area (Å²) in [5.74, 6) is 1.43. The van der Waals surface area contributed by atoms with E-state index in [9.17, 15) is 4.79 Å². The molecular weight excluding hydrogens is 312 g/mol. The summed E-state index contributed by atoms with van der Waals surface area (Å²) in [5, 5.41) is 11.1. The van der Waals surface area contributed by atoms with Crippen LogP contribution in [0.5, 0.6) is 0 Å². The van der Waals surface area contributed by atoms with Gasteiger partial charge in [0.1, 0.15) is 0 Å². The van der Waals surface area contributed by atoms with Gasteiger partial charge in [0, 0.05) is 19.1 Å². The van der Waals surface area contributed by atoms with Crippen molar-refractivity contribution in [2.24, 2.45) is 0 Å². The van der Waals surface area contributed by atoms with Gasteiger partial charge in [-0.25, -0.2) is 4.79 Å². The molecule has 1 saturated heterocycles. The summed E-state index contributed by atoms with van der Waals surface area (Å²) < 4.78 is 5.26. The molecule has 2 unspecified atom stereocenters. The van der Waals surface area contributed by atoms with Gasteiger partial charge in [-0.1, -0.05) is 5.16 Å². The molecule has 2 aromatic heterocycles. The molecule has 1 aliphatic heterocycles. The lowest BCUT2D eigenvalue weighted by molar-refractivity contribution is 0.169. The molecule has 3 rings (SSSR count). The molecule has 2 aromatic rings. The van der Waals surface area contributed by atoms with Gasteiger partial charge >= 0.3 is 6.03 Å². The molecule has 1 fully saturated rings. The van der Waals surface area contributed by atoms with Crippen LogP contribution >= 0.6 is 11.3 Å². The molecule has 23 heavy (non-hydrogen) atoms. The minimum absolute atomic E-state index is 0.00586. The lowest BCUT2D eigenvalue weighted by Gasteiger charge is -2.32. The van der Waals surface area contributed by atoms with Gasteiger partial charge in [-0.2, -0.15) is 16.3 Å². The number of likely N-dealkylation sites (tertiary alicyclic amines) is 1. The second-order valence-electron chi connectivity index (χ2n) is 6.15. The maximum Gasteiger partial charge on any atom is 0.317 e. The van der Waals surface area contributed by atoms with Crippen molar-refractivity contribution in [2.75, 3.05) is 13.1 Å². The van der Waals surface area contributed by atoms with E-state index in [0.717, 1.165) is 25.8 Å². The number of carbonyl (C=O) groups is 1. The molecule has 3 heterocycles. The molecule has 1 N–H and O–H groups in total. The number of rotatable bonds is 4. The predicted molar refractivity (Wildman–Crippen MR) is 88.6 cm³/mol. The Kier molecular flexibility index (Phi) is 4.95. The maximum absolute atomic E-state index is 12.5. The summed E-state index contributed by atoms with van der Waals surface area (Å²) in [5.41, 5.74) is 1.26. The van der Waals surface area contributed by atoms with E-state index in [1.807, 2.05) is 18.7 Å². The fourth-order valence-electron chi connectivity index (χ4n) is 2.96. The number of aromatic nitrogens is 2. The van der Waals surface area contributed by atoms with E-state index < -0.39 is 0 Å². The smallest absolute Gasteiger partial charge is 0.317 e. The molecule has 0 radical (unpaired) electrons. The predicted octanol–water partition coefficient (Wildman–Crippen LogP) is 2.96. The maximum atomic E-state index is 12.5. The molecular formula is C16H22N4O2S. The van der Waals surface area contributed by atoms with Gasteiger partial charge in [-0.05, 0) is 55.5 Å². The van der Waals surface area contributed by atoms with E-state index in [1.165, 1.54) is 5.56 Å². The van der Waals surface area contributed by atoms with Crippen LogP contribution in [0.4, 0.5) is 4.79 Å². The first-order chi connectivity index (χ1) is 11.1. The second kappa shape index (κ2) is 7.12. The number of urea groups is 1. The van der Waals surface area contributed by atoms with E-state index in [2.05, 4.69) is 32.3 Å². The molecule has 1 aliphatic rings. The van der Waals surface area contributed by atoms with Crippen molar-refractivity contribution >= 4 is 17.4 Å². The number of hydrogen-bond donors (Lipinski definition) is 1. The van der Waals surface area contributed by atoms with E-state index in [4.69, 9.17) is 4.52 Å². The SMILES string of the molecule is Cc1noc(C2CCCN(C(=O)NC(C)Cc3ccsc3)C2)n1. The van der Waals surface area contributed by atoms with Crippen molar-refractivity contribution in [2.45, 2.75) is 45.1 Å². The Morgan fingerprint density at radius 1 is 1.61 bits per heavy atom. The van der Waals surface area contributed by atoms with E-state index in [-0.39, 0.29) is 18.0 Å². The molecule has 0 aliphatic carbocycles. The summed E-state index contributed by atoms with van der Waals surface area (Å²) >= 11 is 1.68. The van der Waals surface area contributed by atoms with Crippen molar-refractivity contribution in [3.63, 3.8) is 0 Å². The minimum Gasteiger partial charge on any atom is -0.339 e. The highest BCUT2D eigenvalue weighted by molar-refractivity contribution is 7.07. The number of aryl methyl sites for hydroxylation is 1. The average molecular weight is 334 g/mol. The molecule has 0 saturated carbocycles. The van der Waals surface area contributed by atoms with Gasteiger partial charge in [-0.15, -0.1) is 0 Å². The van der Waals surface area contributed by atoms with E-state index >= 15 is 0 Å². The van der Waals surface area contributed by atoms with Gasteiger partial charge in [0.15, 0.2) is 5.82 Å². The van der Waals surface area contributed by atoms with Gasteiger partial charge in [0.25, 0.3) is 0 Å². The molecule has 0 aromatic carbocycles. The number of piperidine rings is 1. The van der Waals surface area contributed by atoms with Crippen LogP contribution in [-0.4, -0.2) is 40.2 Å². The number of thiophene rings is 1. The number of nitrogens with one attached hydrogen (secondary N) is 1. The van der Waals surface area contributed by atoms with Crippen molar-refractivity contribution in [1.29, 1.82) is 0 Å². The molecule has 0 bridgehead atoms. The average Bonchev–Trinajstić information content (AvgIpc) is 3.19. The fraction of sp³-hybridized carbons (Fsp3) is 0.562. The first-order valence-corrected chi connectivity index (χ1v) is 8.93. The summed E-state index contributed by atoms with van der Waals surface area (Å²) in [7, 11) is 0. The Labute approximate surface area is 139 Å². The Morgan fingerprint density at radius 2 is 2.48 bits per heavy atom. The number of amides is 2. The van der Waals surface area contributed by atoms with Gasteiger partial charge < -0.3 is 14.7 Å². The molecule has 2 amide bonds. The third-order valence-corrected chi connectivity index (χ3v) is 4.83. The van der Waals surface area contributed by atoms with Crippen LogP contribution < -0.4 is 5.32 Å². The van der Waals surface area contributed by atoms with Crippen molar-refractivity contribution in [1.82, 2.24) is 20.4 Å². The first-order valence-electron chi connectivity index (χ1n) is 7.98. The zero-order valence-electron chi connectivity index (χ0n) is 13.5. The van der Waals surface area contributed by atoms with Gasteiger partial charge in [0.05, 0.1) is 5.92 Å². The number of hydrogen-bond acceptors (Lipinski definition) is 5. The van der Waals surface area contributed by atoms with Crippen LogP contribution in [0.25, 0.3) is 0 Å². The lowest BCUT2D eigenvalue weighted by Crippen LogP contribution is -2.48. The van der Waals surface area contributed by atoms with E-state index in [1.54, 1.807) is 11.3 Å². The van der Waals surface area contributed by atoms with Gasteiger partial charge in [-0.3, -0.25) is 0 Å². The molecule has 0 spiro atoms.